The Morgan fingerprint density at radius 2 is 2.36 bits per heavy atom. The number of anilines is 2. The molecule has 0 amide bonds. The van der Waals surface area contributed by atoms with Gasteiger partial charge in [-0.15, -0.1) is 0 Å². The van der Waals surface area contributed by atoms with Gasteiger partial charge in [0.1, 0.15) is 6.33 Å². The zero-order chi connectivity index (χ0) is 9.54. The summed E-state index contributed by atoms with van der Waals surface area (Å²) in [6.45, 7) is 0.860. The molecule has 0 unspecified atom stereocenters. The monoisotopic (exact) mass is 186 g/mol. The zero-order valence-corrected chi connectivity index (χ0v) is 7.86. The summed E-state index contributed by atoms with van der Waals surface area (Å²) in [5.41, 5.74) is 3.35. The Labute approximate surface area is 81.6 Å². The number of nitrogens with one attached hydrogen (secondary N) is 1. The van der Waals surface area contributed by atoms with Crippen LogP contribution in [0.25, 0.3) is 10.9 Å². The van der Waals surface area contributed by atoms with Crippen LogP contribution in [0.5, 0.6) is 0 Å². The number of benzene rings is 1. The van der Waals surface area contributed by atoms with Gasteiger partial charge < -0.3 is 10.2 Å². The molecule has 0 bridgehead atoms. The third kappa shape index (κ3) is 0.937. The molecule has 1 aliphatic heterocycles. The third-order valence-electron chi connectivity index (χ3n) is 2.54. The third-order valence-corrected chi connectivity index (χ3v) is 2.54. The molecule has 0 saturated carbocycles. The van der Waals surface area contributed by atoms with Crippen molar-refractivity contribution < 1.29 is 0 Å². The van der Waals surface area contributed by atoms with Gasteiger partial charge in [0.05, 0.1) is 23.6 Å². The van der Waals surface area contributed by atoms with E-state index in [1.807, 2.05) is 6.20 Å². The van der Waals surface area contributed by atoms with Crippen molar-refractivity contribution >= 4 is 22.3 Å². The van der Waals surface area contributed by atoms with Gasteiger partial charge in [-0.25, -0.2) is 9.97 Å². The fraction of sp³-hybridized carbons (Fsp3) is 0.200. The molecule has 0 fully saturated rings. The Morgan fingerprint density at radius 3 is 3.29 bits per heavy atom. The van der Waals surface area contributed by atoms with Gasteiger partial charge in [0, 0.05) is 18.6 Å². The van der Waals surface area contributed by atoms with Crippen LogP contribution in [0.2, 0.25) is 0 Å². The van der Waals surface area contributed by atoms with E-state index in [4.69, 9.17) is 0 Å². The molecule has 14 heavy (non-hydrogen) atoms. The quantitative estimate of drug-likeness (QED) is 0.676. The molecule has 0 radical (unpaired) electrons. The second-order valence-corrected chi connectivity index (χ2v) is 3.48. The van der Waals surface area contributed by atoms with Crippen LogP contribution in [0.3, 0.4) is 0 Å². The van der Waals surface area contributed by atoms with Crippen molar-refractivity contribution in [1.29, 1.82) is 0 Å². The van der Waals surface area contributed by atoms with Gasteiger partial charge in [0.25, 0.3) is 0 Å². The molecule has 1 aliphatic rings. The van der Waals surface area contributed by atoms with E-state index in [1.54, 1.807) is 6.33 Å². The van der Waals surface area contributed by atoms with Crippen LogP contribution in [0.1, 0.15) is 0 Å². The fourth-order valence-electron chi connectivity index (χ4n) is 1.76. The van der Waals surface area contributed by atoms with Gasteiger partial charge >= 0.3 is 0 Å². The minimum absolute atomic E-state index is 0.860. The highest BCUT2D eigenvalue weighted by Crippen LogP contribution is 2.33. The average molecular weight is 186 g/mol. The van der Waals surface area contributed by atoms with Crippen molar-refractivity contribution in [1.82, 2.24) is 9.97 Å². The van der Waals surface area contributed by atoms with Gasteiger partial charge in [-0.1, -0.05) is 0 Å². The molecule has 70 valence electrons. The molecule has 4 nitrogen and oxygen atoms in total. The maximum absolute atomic E-state index is 4.21. The normalized spacial score (nSPS) is 14.2. The van der Waals surface area contributed by atoms with Crippen molar-refractivity contribution in [3.63, 3.8) is 0 Å². The number of hydrogen-bond donors (Lipinski definition) is 1. The largest absolute Gasteiger partial charge is 0.366 e. The second-order valence-electron chi connectivity index (χ2n) is 3.48. The molecule has 4 heteroatoms. The minimum Gasteiger partial charge on any atom is -0.366 e. The van der Waals surface area contributed by atoms with Crippen LogP contribution in [-0.4, -0.2) is 23.7 Å². The standard InChI is InChI=1S/C10H10N4/c1-14-6-13-9-3-8-7(2-10(9)14)4-11-5-12-8/h2-5,13H,6H2,1H3. The molecule has 0 atom stereocenters. The maximum Gasteiger partial charge on any atom is 0.116 e. The van der Waals surface area contributed by atoms with E-state index in [0.717, 1.165) is 23.3 Å². The number of nitrogens with zero attached hydrogens (tertiary/aromatic N) is 3. The van der Waals surface area contributed by atoms with Crippen LogP contribution < -0.4 is 10.2 Å². The van der Waals surface area contributed by atoms with Gasteiger partial charge in [-0.3, -0.25) is 0 Å². The van der Waals surface area contributed by atoms with Crippen molar-refractivity contribution in [2.45, 2.75) is 0 Å². The Hall–Kier alpha value is -1.84. The molecule has 2 aromatic rings. The molecule has 1 aromatic carbocycles. The summed E-state index contributed by atoms with van der Waals surface area (Å²) >= 11 is 0. The minimum atomic E-state index is 0.860. The molecule has 2 heterocycles. The number of hydrogen-bond acceptors (Lipinski definition) is 4. The summed E-state index contributed by atoms with van der Waals surface area (Å²) in [5.74, 6) is 0. The molecule has 1 aromatic heterocycles. The first-order chi connectivity index (χ1) is 6.84. The second kappa shape index (κ2) is 2.57. The highest BCUT2D eigenvalue weighted by molar-refractivity contribution is 5.91. The first-order valence-electron chi connectivity index (χ1n) is 4.53. The van der Waals surface area contributed by atoms with E-state index in [1.165, 1.54) is 5.69 Å². The van der Waals surface area contributed by atoms with Crippen LogP contribution in [0.15, 0.2) is 24.7 Å². The SMILES string of the molecule is CN1CNc2cc3ncncc3cc21. The average Bonchev–Trinajstić information content (AvgIpc) is 2.57. The summed E-state index contributed by atoms with van der Waals surface area (Å²) in [4.78, 5) is 10.4. The van der Waals surface area contributed by atoms with Crippen molar-refractivity contribution in [2.75, 3.05) is 23.9 Å². The van der Waals surface area contributed by atoms with E-state index in [-0.39, 0.29) is 0 Å². The Kier molecular flexibility index (Phi) is 1.39. The molecular weight excluding hydrogens is 176 g/mol. The Morgan fingerprint density at radius 1 is 1.43 bits per heavy atom. The topological polar surface area (TPSA) is 41.0 Å². The Bertz CT molecular complexity index is 494. The zero-order valence-electron chi connectivity index (χ0n) is 7.86. The smallest absolute Gasteiger partial charge is 0.116 e. The lowest BCUT2D eigenvalue weighted by atomic mass is 10.2. The first-order valence-corrected chi connectivity index (χ1v) is 4.53. The van der Waals surface area contributed by atoms with E-state index in [9.17, 15) is 0 Å². The summed E-state index contributed by atoms with van der Waals surface area (Å²) in [5, 5.41) is 4.39. The number of fused-ring (bicyclic) bond motifs is 2. The maximum atomic E-state index is 4.21. The highest BCUT2D eigenvalue weighted by Gasteiger charge is 2.15. The van der Waals surface area contributed by atoms with Gasteiger partial charge in [0.2, 0.25) is 0 Å². The molecule has 0 aliphatic carbocycles. The van der Waals surface area contributed by atoms with Gasteiger partial charge in [-0.05, 0) is 12.1 Å². The van der Waals surface area contributed by atoms with Crippen LogP contribution >= 0.6 is 0 Å². The Balaban J connectivity index is 2.33. The van der Waals surface area contributed by atoms with E-state index < -0.39 is 0 Å². The summed E-state index contributed by atoms with van der Waals surface area (Å²) in [7, 11) is 2.06. The lowest BCUT2D eigenvalue weighted by Crippen LogP contribution is -2.15. The number of aromatic nitrogens is 2. The van der Waals surface area contributed by atoms with E-state index >= 15 is 0 Å². The summed E-state index contributed by atoms with van der Waals surface area (Å²) < 4.78 is 0. The molecular formula is C10H10N4. The lowest BCUT2D eigenvalue weighted by Gasteiger charge is -2.09. The molecule has 3 rings (SSSR count). The predicted octanol–water partition coefficient (Wildman–Crippen LogP) is 1.45. The molecule has 1 N–H and O–H groups in total. The lowest BCUT2D eigenvalue weighted by molar-refractivity contribution is 1.03. The highest BCUT2D eigenvalue weighted by atomic mass is 15.3. The first kappa shape index (κ1) is 7.55. The van der Waals surface area contributed by atoms with Crippen molar-refractivity contribution in [3.05, 3.63) is 24.7 Å². The molecule has 0 spiro atoms. The fourth-order valence-corrected chi connectivity index (χ4v) is 1.76. The van der Waals surface area contributed by atoms with Crippen LogP contribution in [0.4, 0.5) is 11.4 Å². The summed E-state index contributed by atoms with van der Waals surface area (Å²) in [6.07, 6.45) is 3.42. The molecule has 0 saturated heterocycles. The van der Waals surface area contributed by atoms with Crippen LogP contribution in [-0.2, 0) is 0 Å². The van der Waals surface area contributed by atoms with Gasteiger partial charge in [-0.2, -0.15) is 0 Å². The van der Waals surface area contributed by atoms with Crippen molar-refractivity contribution in [2.24, 2.45) is 0 Å². The van der Waals surface area contributed by atoms with E-state index in [2.05, 4.69) is 39.4 Å². The van der Waals surface area contributed by atoms with Crippen LogP contribution in [0, 0.1) is 0 Å². The predicted molar refractivity (Wildman–Crippen MR) is 56.4 cm³/mol. The van der Waals surface area contributed by atoms with E-state index in [0.29, 0.717) is 0 Å². The summed E-state index contributed by atoms with van der Waals surface area (Å²) in [6, 6.07) is 4.18. The van der Waals surface area contributed by atoms with Gasteiger partial charge in [0.15, 0.2) is 0 Å². The van der Waals surface area contributed by atoms with Crippen molar-refractivity contribution in [3.8, 4) is 0 Å². The number of rotatable bonds is 0.